The van der Waals surface area contributed by atoms with Crippen molar-refractivity contribution in [3.8, 4) is 0 Å². The van der Waals surface area contributed by atoms with Gasteiger partial charge in [0.15, 0.2) is 0 Å². The van der Waals surface area contributed by atoms with Gasteiger partial charge in [-0.05, 0) is 57.4 Å². The Kier molecular flexibility index (Phi) is 6.59. The van der Waals surface area contributed by atoms with E-state index >= 15 is 0 Å². The molecule has 0 bridgehead atoms. The van der Waals surface area contributed by atoms with Gasteiger partial charge in [-0.15, -0.1) is 11.8 Å². The molecule has 0 aliphatic carbocycles. The first-order chi connectivity index (χ1) is 16.7. The highest BCUT2D eigenvalue weighted by Gasteiger charge is 2.64. The summed E-state index contributed by atoms with van der Waals surface area (Å²) in [5.41, 5.74) is 2.94. The lowest BCUT2D eigenvalue weighted by molar-refractivity contribution is -0.161. The molecule has 2 aromatic carbocycles. The molecular formula is C25H29N3O6S2. The average Bonchev–Trinajstić information content (AvgIpc) is 3.00. The molecule has 2 aliphatic heterocycles. The van der Waals surface area contributed by atoms with Crippen LogP contribution < -0.4 is 10.0 Å². The topological polar surface area (TPSA) is 133 Å². The standard InChI is InChI=1S/C25H29N3O6S2/c1-13-10-14(2)20(15(3)11-13)36(33,34)27-17-9-7-6-8-16(17)12-18(29)26-19-22(30)28-21(24(31)32)25(4,5)35-23(19)28/h6-11,19,21,23,27H,12H2,1-5H3,(H,26,29)(H,31,32)/t19-,21+,23-/m1/s1. The number of rotatable bonds is 7. The van der Waals surface area contributed by atoms with Crippen molar-refractivity contribution in [2.75, 3.05) is 4.72 Å². The molecule has 2 saturated heterocycles. The van der Waals surface area contributed by atoms with Crippen LogP contribution in [0.5, 0.6) is 0 Å². The molecule has 2 aromatic rings. The Hall–Kier alpha value is -3.05. The minimum atomic E-state index is -3.92. The van der Waals surface area contributed by atoms with Crippen molar-refractivity contribution in [3.05, 3.63) is 58.7 Å². The van der Waals surface area contributed by atoms with Crippen molar-refractivity contribution >= 4 is 45.3 Å². The van der Waals surface area contributed by atoms with Gasteiger partial charge < -0.3 is 15.3 Å². The van der Waals surface area contributed by atoms with Gasteiger partial charge in [-0.1, -0.05) is 35.9 Å². The Labute approximate surface area is 214 Å². The molecule has 36 heavy (non-hydrogen) atoms. The van der Waals surface area contributed by atoms with Crippen molar-refractivity contribution in [1.82, 2.24) is 10.2 Å². The van der Waals surface area contributed by atoms with Gasteiger partial charge in [0.25, 0.3) is 10.0 Å². The number of hydrogen-bond donors (Lipinski definition) is 3. The summed E-state index contributed by atoms with van der Waals surface area (Å²) in [4.78, 5) is 38.7. The molecule has 2 amide bonds. The maximum Gasteiger partial charge on any atom is 0.327 e. The highest BCUT2D eigenvalue weighted by atomic mass is 32.2. The van der Waals surface area contributed by atoms with Crippen molar-refractivity contribution < 1.29 is 27.9 Å². The molecule has 3 N–H and O–H groups in total. The second kappa shape index (κ2) is 9.11. The molecule has 2 heterocycles. The Morgan fingerprint density at radius 2 is 1.72 bits per heavy atom. The van der Waals surface area contributed by atoms with Crippen molar-refractivity contribution in [2.24, 2.45) is 0 Å². The second-order valence-electron chi connectivity index (χ2n) is 9.81. The Bertz CT molecular complexity index is 1350. The van der Waals surface area contributed by atoms with Crippen molar-refractivity contribution in [2.45, 2.75) is 68.1 Å². The number of fused-ring (bicyclic) bond motifs is 1. The number of aliphatic carboxylic acids is 1. The number of para-hydroxylation sites is 1. The highest BCUT2D eigenvalue weighted by Crippen LogP contribution is 2.50. The lowest BCUT2D eigenvalue weighted by atomic mass is 9.96. The summed E-state index contributed by atoms with van der Waals surface area (Å²) in [6.07, 6.45) is -0.155. The predicted octanol–water partition coefficient (Wildman–Crippen LogP) is 2.59. The van der Waals surface area contributed by atoms with Crippen LogP contribution in [0.3, 0.4) is 0 Å². The monoisotopic (exact) mass is 531 g/mol. The van der Waals surface area contributed by atoms with Gasteiger partial charge in [0.05, 0.1) is 17.0 Å². The quantitative estimate of drug-likeness (QED) is 0.468. The predicted molar refractivity (Wildman–Crippen MR) is 137 cm³/mol. The maximum atomic E-state index is 13.2. The summed E-state index contributed by atoms with van der Waals surface area (Å²) < 4.78 is 28.4. The molecule has 3 atom stereocenters. The first kappa shape index (κ1) is 26.0. The number of nitrogens with zero attached hydrogens (tertiary/aromatic N) is 1. The number of carboxylic acid groups (broad SMARTS) is 1. The molecule has 9 nitrogen and oxygen atoms in total. The lowest BCUT2D eigenvalue weighted by Gasteiger charge is -2.43. The molecule has 0 unspecified atom stereocenters. The minimum absolute atomic E-state index is 0.155. The van der Waals surface area contributed by atoms with E-state index in [1.807, 2.05) is 6.92 Å². The molecule has 4 rings (SSSR count). The summed E-state index contributed by atoms with van der Waals surface area (Å²) in [5.74, 6) is -1.97. The molecule has 0 saturated carbocycles. The van der Waals surface area contributed by atoms with Crippen LogP contribution in [-0.2, 0) is 30.8 Å². The summed E-state index contributed by atoms with van der Waals surface area (Å²) in [5, 5.41) is 11.8. The normalized spacial score (nSPS) is 22.5. The van der Waals surface area contributed by atoms with Crippen LogP contribution in [0.4, 0.5) is 5.69 Å². The molecule has 192 valence electrons. The highest BCUT2D eigenvalue weighted by molar-refractivity contribution is 8.01. The molecule has 11 heteroatoms. The third-order valence-electron chi connectivity index (χ3n) is 6.48. The second-order valence-corrected chi connectivity index (χ2v) is 13.2. The molecule has 0 spiro atoms. The van der Waals surface area contributed by atoms with Gasteiger partial charge >= 0.3 is 5.97 Å². The number of hydrogen-bond acceptors (Lipinski definition) is 6. The third kappa shape index (κ3) is 4.57. The summed E-state index contributed by atoms with van der Waals surface area (Å²) in [6.45, 7) is 8.91. The third-order valence-corrected chi connectivity index (χ3v) is 9.72. The molecule has 2 fully saturated rings. The number of carbonyl (C=O) groups excluding carboxylic acids is 2. The van der Waals surface area contributed by atoms with E-state index in [0.29, 0.717) is 16.7 Å². The number of carboxylic acids is 1. The SMILES string of the molecule is Cc1cc(C)c(S(=O)(=O)Nc2ccccc2CC(=O)N[C@@H]2C(=O)N3[C@@H]2SC(C)(C)[C@@H]3C(=O)O)c(C)c1. The van der Waals surface area contributed by atoms with E-state index in [0.717, 1.165) is 5.56 Å². The minimum Gasteiger partial charge on any atom is -0.480 e. The van der Waals surface area contributed by atoms with Crippen LogP contribution >= 0.6 is 11.8 Å². The van der Waals surface area contributed by atoms with Gasteiger partial charge in [-0.2, -0.15) is 0 Å². The van der Waals surface area contributed by atoms with E-state index in [2.05, 4.69) is 10.0 Å². The molecular weight excluding hydrogens is 502 g/mol. The van der Waals surface area contributed by atoms with Crippen LogP contribution in [-0.4, -0.2) is 58.4 Å². The molecule has 2 aliphatic rings. The average molecular weight is 532 g/mol. The van der Waals surface area contributed by atoms with E-state index in [-0.39, 0.29) is 17.0 Å². The van der Waals surface area contributed by atoms with E-state index in [9.17, 15) is 27.9 Å². The number of carbonyl (C=O) groups is 3. The van der Waals surface area contributed by atoms with Crippen molar-refractivity contribution in [3.63, 3.8) is 0 Å². The largest absolute Gasteiger partial charge is 0.480 e. The van der Waals surface area contributed by atoms with Crippen molar-refractivity contribution in [1.29, 1.82) is 0 Å². The first-order valence-corrected chi connectivity index (χ1v) is 13.8. The number of anilines is 1. The van der Waals surface area contributed by atoms with E-state index in [4.69, 9.17) is 0 Å². The molecule has 0 radical (unpaired) electrons. The summed E-state index contributed by atoms with van der Waals surface area (Å²) >= 11 is 1.34. The van der Waals surface area contributed by atoms with E-state index in [1.54, 1.807) is 64.1 Å². The van der Waals surface area contributed by atoms with Gasteiger partial charge in [0, 0.05) is 4.75 Å². The lowest BCUT2D eigenvalue weighted by Crippen LogP contribution is -2.70. The Morgan fingerprint density at radius 1 is 1.11 bits per heavy atom. The Morgan fingerprint density at radius 3 is 2.33 bits per heavy atom. The number of amides is 2. The fraction of sp³-hybridized carbons (Fsp3) is 0.400. The fourth-order valence-electron chi connectivity index (χ4n) is 5.10. The zero-order valence-corrected chi connectivity index (χ0v) is 22.3. The zero-order chi connectivity index (χ0) is 26.6. The number of aryl methyl sites for hydroxylation is 3. The van der Waals surface area contributed by atoms with Gasteiger partial charge in [0.2, 0.25) is 11.8 Å². The fourth-order valence-corrected chi connectivity index (χ4v) is 8.29. The Balaban J connectivity index is 1.49. The smallest absolute Gasteiger partial charge is 0.327 e. The zero-order valence-electron chi connectivity index (χ0n) is 20.7. The van der Waals surface area contributed by atoms with Crippen LogP contribution in [0.2, 0.25) is 0 Å². The number of thioether (sulfide) groups is 1. The van der Waals surface area contributed by atoms with Crippen LogP contribution in [0, 0.1) is 20.8 Å². The van der Waals surface area contributed by atoms with Crippen LogP contribution in [0.25, 0.3) is 0 Å². The van der Waals surface area contributed by atoms with Gasteiger partial charge in [-0.3, -0.25) is 14.3 Å². The maximum absolute atomic E-state index is 13.2. The number of nitrogens with one attached hydrogen (secondary N) is 2. The van der Waals surface area contributed by atoms with Crippen LogP contribution in [0.1, 0.15) is 36.1 Å². The summed E-state index contributed by atoms with van der Waals surface area (Å²) in [7, 11) is -3.92. The number of β-lactam (4-membered cyclic amide) rings is 1. The summed E-state index contributed by atoms with van der Waals surface area (Å²) in [6, 6.07) is 8.42. The molecule has 0 aromatic heterocycles. The van der Waals surface area contributed by atoms with Crippen LogP contribution in [0.15, 0.2) is 41.3 Å². The van der Waals surface area contributed by atoms with E-state index < -0.39 is 50.0 Å². The van der Waals surface area contributed by atoms with E-state index in [1.165, 1.54) is 16.7 Å². The van der Waals surface area contributed by atoms with Gasteiger partial charge in [-0.25, -0.2) is 13.2 Å². The van der Waals surface area contributed by atoms with Gasteiger partial charge in [0.1, 0.15) is 17.5 Å². The number of sulfonamides is 1. The number of benzene rings is 2. The first-order valence-electron chi connectivity index (χ1n) is 11.4.